The van der Waals surface area contributed by atoms with Gasteiger partial charge < -0.3 is 10.6 Å². The second-order valence-corrected chi connectivity index (χ2v) is 3.26. The van der Waals surface area contributed by atoms with Crippen LogP contribution in [0.5, 0.6) is 0 Å². The normalized spacial score (nSPS) is 19.5. The Balaban J connectivity index is 2.22. The molecule has 1 aliphatic heterocycles. The lowest BCUT2D eigenvalue weighted by Crippen LogP contribution is -2.39. The van der Waals surface area contributed by atoms with Crippen molar-refractivity contribution in [2.75, 3.05) is 10.6 Å². The summed E-state index contributed by atoms with van der Waals surface area (Å²) in [4.78, 5) is 19.4. The van der Waals surface area contributed by atoms with Crippen LogP contribution in [-0.2, 0) is 4.79 Å². The molecule has 0 aliphatic carbocycles. The Labute approximate surface area is 82.0 Å². The fraction of sp³-hybridized carbons (Fsp3) is 0.444. The predicted octanol–water partition coefficient (Wildman–Crippen LogP) is 1.01. The Morgan fingerprint density at radius 3 is 3.21 bits per heavy atom. The van der Waals surface area contributed by atoms with Crippen molar-refractivity contribution < 1.29 is 4.79 Å². The van der Waals surface area contributed by atoms with Gasteiger partial charge in [-0.3, -0.25) is 4.79 Å². The first-order valence-corrected chi connectivity index (χ1v) is 4.68. The highest BCUT2D eigenvalue weighted by Gasteiger charge is 2.24. The van der Waals surface area contributed by atoms with Crippen molar-refractivity contribution in [1.29, 1.82) is 0 Å². The SMILES string of the molecule is CCC[C@@H]1Nc2ncncc2NC1=O. The first-order valence-electron chi connectivity index (χ1n) is 4.68. The first-order chi connectivity index (χ1) is 6.81. The van der Waals surface area contributed by atoms with Gasteiger partial charge in [0.25, 0.3) is 0 Å². The van der Waals surface area contributed by atoms with E-state index in [-0.39, 0.29) is 11.9 Å². The minimum absolute atomic E-state index is 0.00542. The molecule has 2 heterocycles. The van der Waals surface area contributed by atoms with Gasteiger partial charge in [-0.15, -0.1) is 0 Å². The Hall–Kier alpha value is -1.65. The van der Waals surface area contributed by atoms with E-state index in [2.05, 4.69) is 20.6 Å². The molecule has 0 radical (unpaired) electrons. The molecule has 1 atom stereocenters. The van der Waals surface area contributed by atoms with E-state index >= 15 is 0 Å². The molecule has 1 aromatic heterocycles. The summed E-state index contributed by atoms with van der Waals surface area (Å²) in [5, 5.41) is 5.85. The smallest absolute Gasteiger partial charge is 0.247 e. The third kappa shape index (κ3) is 1.53. The lowest BCUT2D eigenvalue weighted by Gasteiger charge is -2.24. The van der Waals surface area contributed by atoms with E-state index in [1.807, 2.05) is 6.92 Å². The number of anilines is 2. The van der Waals surface area contributed by atoms with Gasteiger partial charge in [0.2, 0.25) is 5.91 Å². The third-order valence-electron chi connectivity index (χ3n) is 2.17. The van der Waals surface area contributed by atoms with Gasteiger partial charge in [-0.2, -0.15) is 0 Å². The van der Waals surface area contributed by atoms with E-state index in [1.54, 1.807) is 6.20 Å². The Morgan fingerprint density at radius 1 is 1.57 bits per heavy atom. The number of nitrogens with zero attached hydrogens (tertiary/aromatic N) is 2. The van der Waals surface area contributed by atoms with Crippen molar-refractivity contribution in [2.45, 2.75) is 25.8 Å². The van der Waals surface area contributed by atoms with Crippen LogP contribution in [0.25, 0.3) is 0 Å². The monoisotopic (exact) mass is 192 g/mol. The van der Waals surface area contributed by atoms with Crippen molar-refractivity contribution >= 4 is 17.4 Å². The van der Waals surface area contributed by atoms with Crippen molar-refractivity contribution in [3.8, 4) is 0 Å². The molecule has 0 saturated carbocycles. The zero-order valence-electron chi connectivity index (χ0n) is 7.95. The topological polar surface area (TPSA) is 66.9 Å². The van der Waals surface area contributed by atoms with Crippen LogP contribution in [0.15, 0.2) is 12.5 Å². The number of hydrogen-bond donors (Lipinski definition) is 2. The first kappa shape index (κ1) is 8.93. The number of fused-ring (bicyclic) bond motifs is 1. The zero-order chi connectivity index (χ0) is 9.97. The quantitative estimate of drug-likeness (QED) is 0.733. The van der Waals surface area contributed by atoms with Gasteiger partial charge >= 0.3 is 0 Å². The summed E-state index contributed by atoms with van der Waals surface area (Å²) in [6.07, 6.45) is 4.84. The van der Waals surface area contributed by atoms with E-state index in [1.165, 1.54) is 6.33 Å². The fourth-order valence-electron chi connectivity index (χ4n) is 1.48. The highest BCUT2D eigenvalue weighted by atomic mass is 16.2. The van der Waals surface area contributed by atoms with Gasteiger partial charge in [0, 0.05) is 0 Å². The molecule has 2 N–H and O–H groups in total. The lowest BCUT2D eigenvalue weighted by molar-refractivity contribution is -0.117. The van der Waals surface area contributed by atoms with Crippen LogP contribution < -0.4 is 10.6 Å². The van der Waals surface area contributed by atoms with Crippen LogP contribution in [0.3, 0.4) is 0 Å². The average molecular weight is 192 g/mol. The highest BCUT2D eigenvalue weighted by Crippen LogP contribution is 2.23. The van der Waals surface area contributed by atoms with Crippen molar-refractivity contribution in [3.63, 3.8) is 0 Å². The molecule has 74 valence electrons. The Kier molecular flexibility index (Phi) is 2.30. The third-order valence-corrected chi connectivity index (χ3v) is 2.17. The number of hydrogen-bond acceptors (Lipinski definition) is 4. The number of carbonyl (C=O) groups is 1. The Morgan fingerprint density at radius 2 is 2.43 bits per heavy atom. The number of aromatic nitrogens is 2. The summed E-state index contributed by atoms with van der Waals surface area (Å²) in [7, 11) is 0. The molecular weight excluding hydrogens is 180 g/mol. The summed E-state index contributed by atoms with van der Waals surface area (Å²) in [6.45, 7) is 2.05. The van der Waals surface area contributed by atoms with Crippen LogP contribution in [0, 0.1) is 0 Å². The summed E-state index contributed by atoms with van der Waals surface area (Å²) in [6, 6.07) is -0.164. The highest BCUT2D eigenvalue weighted by molar-refractivity contribution is 6.01. The van der Waals surface area contributed by atoms with Gasteiger partial charge in [0.15, 0.2) is 5.82 Å². The van der Waals surface area contributed by atoms with Gasteiger partial charge in [-0.25, -0.2) is 9.97 Å². The summed E-state index contributed by atoms with van der Waals surface area (Å²) >= 11 is 0. The van der Waals surface area contributed by atoms with E-state index < -0.39 is 0 Å². The molecule has 5 nitrogen and oxygen atoms in total. The van der Waals surface area contributed by atoms with Crippen molar-refractivity contribution in [3.05, 3.63) is 12.5 Å². The zero-order valence-corrected chi connectivity index (χ0v) is 7.95. The summed E-state index contributed by atoms with van der Waals surface area (Å²) in [5.74, 6) is 0.701. The van der Waals surface area contributed by atoms with Crippen LogP contribution in [0.1, 0.15) is 19.8 Å². The van der Waals surface area contributed by atoms with E-state index in [0.29, 0.717) is 11.5 Å². The second kappa shape index (κ2) is 3.61. The van der Waals surface area contributed by atoms with Gasteiger partial charge in [-0.05, 0) is 6.42 Å². The van der Waals surface area contributed by atoms with E-state index in [0.717, 1.165) is 12.8 Å². The molecule has 14 heavy (non-hydrogen) atoms. The maximum absolute atomic E-state index is 11.5. The van der Waals surface area contributed by atoms with Crippen LogP contribution in [0.2, 0.25) is 0 Å². The minimum Gasteiger partial charge on any atom is -0.357 e. The molecule has 0 unspecified atom stereocenters. The van der Waals surface area contributed by atoms with Gasteiger partial charge in [-0.1, -0.05) is 13.3 Å². The van der Waals surface area contributed by atoms with Crippen LogP contribution in [0.4, 0.5) is 11.5 Å². The lowest BCUT2D eigenvalue weighted by atomic mass is 10.1. The number of rotatable bonds is 2. The van der Waals surface area contributed by atoms with Gasteiger partial charge in [0.05, 0.1) is 6.20 Å². The molecule has 1 aromatic rings. The van der Waals surface area contributed by atoms with Crippen molar-refractivity contribution in [1.82, 2.24) is 9.97 Å². The van der Waals surface area contributed by atoms with Crippen LogP contribution in [-0.4, -0.2) is 21.9 Å². The number of amides is 1. The molecule has 0 spiro atoms. The Bertz CT molecular complexity index is 352. The molecular formula is C9H12N4O. The fourth-order valence-corrected chi connectivity index (χ4v) is 1.48. The molecule has 0 saturated heterocycles. The standard InChI is InChI=1S/C9H12N4O/c1-2-3-6-9(14)13-7-4-10-5-11-8(7)12-6/h4-6H,2-3H2,1H3,(H,13,14)(H,10,11,12)/t6-/m0/s1. The number of carbonyl (C=O) groups excluding carboxylic acids is 1. The van der Waals surface area contributed by atoms with E-state index in [4.69, 9.17) is 0 Å². The maximum atomic E-state index is 11.5. The predicted molar refractivity (Wildman–Crippen MR) is 53.0 cm³/mol. The maximum Gasteiger partial charge on any atom is 0.247 e. The molecule has 5 heteroatoms. The molecule has 1 aliphatic rings. The summed E-state index contributed by atoms with van der Waals surface area (Å²) < 4.78 is 0. The van der Waals surface area contributed by atoms with E-state index in [9.17, 15) is 4.79 Å². The molecule has 0 aromatic carbocycles. The molecule has 0 fully saturated rings. The van der Waals surface area contributed by atoms with Crippen LogP contribution >= 0.6 is 0 Å². The molecule has 1 amide bonds. The minimum atomic E-state index is -0.164. The average Bonchev–Trinajstić information content (AvgIpc) is 2.19. The number of nitrogens with one attached hydrogen (secondary N) is 2. The second-order valence-electron chi connectivity index (χ2n) is 3.26. The molecule has 0 bridgehead atoms. The summed E-state index contributed by atoms with van der Waals surface area (Å²) in [5.41, 5.74) is 0.657. The van der Waals surface area contributed by atoms with Crippen molar-refractivity contribution in [2.24, 2.45) is 0 Å². The largest absolute Gasteiger partial charge is 0.357 e. The molecule has 2 rings (SSSR count). The van der Waals surface area contributed by atoms with Gasteiger partial charge in [0.1, 0.15) is 18.1 Å².